The Bertz CT molecular complexity index is 862. The first-order valence-corrected chi connectivity index (χ1v) is 9.75. The first-order valence-electron chi connectivity index (χ1n) is 7.99. The van der Waals surface area contributed by atoms with E-state index in [9.17, 15) is 22.8 Å². The van der Waals surface area contributed by atoms with Crippen LogP contribution in [0.4, 0.5) is 18.2 Å². The summed E-state index contributed by atoms with van der Waals surface area (Å²) in [6, 6.07) is 0. The lowest BCUT2D eigenvalue weighted by atomic mass is 10.0. The van der Waals surface area contributed by atoms with E-state index >= 15 is 0 Å². The molecule has 1 N–H and O–H groups in total. The lowest BCUT2D eigenvalue weighted by Gasteiger charge is -2.10. The molecule has 0 spiro atoms. The van der Waals surface area contributed by atoms with Gasteiger partial charge in [0.1, 0.15) is 5.00 Å². The third-order valence-electron chi connectivity index (χ3n) is 4.55. The number of Topliss-reactive ketones (excluding diaryl/α,β-unsaturated/α-hetero) is 1. The summed E-state index contributed by atoms with van der Waals surface area (Å²) in [5.74, 6) is -0.781. The van der Waals surface area contributed by atoms with Crippen molar-refractivity contribution in [1.82, 2.24) is 0 Å². The van der Waals surface area contributed by atoms with Crippen LogP contribution in [0.15, 0.2) is 10.8 Å². The highest BCUT2D eigenvalue weighted by Crippen LogP contribution is 2.44. The number of carbonyl (C=O) groups is 2. The first-order chi connectivity index (χ1) is 11.9. The van der Waals surface area contributed by atoms with Gasteiger partial charge in [0.25, 0.3) is 5.91 Å². The SMILES string of the molecule is O=C(Nc1sc2c(c1C(=O)C1CC1)CCC2)c1cscc1C(F)(F)F. The lowest BCUT2D eigenvalue weighted by molar-refractivity contribution is -0.137. The van der Waals surface area contributed by atoms with Crippen LogP contribution >= 0.6 is 22.7 Å². The monoisotopic (exact) mass is 385 g/mol. The van der Waals surface area contributed by atoms with Crippen LogP contribution < -0.4 is 5.32 Å². The smallest absolute Gasteiger partial charge is 0.313 e. The van der Waals surface area contributed by atoms with Crippen molar-refractivity contribution in [1.29, 1.82) is 0 Å². The third kappa shape index (κ3) is 3.01. The van der Waals surface area contributed by atoms with E-state index in [-0.39, 0.29) is 11.7 Å². The Hall–Kier alpha value is -1.67. The lowest BCUT2D eigenvalue weighted by Crippen LogP contribution is -2.18. The number of rotatable bonds is 4. The highest BCUT2D eigenvalue weighted by atomic mass is 32.1. The molecule has 0 aliphatic heterocycles. The van der Waals surface area contributed by atoms with Crippen LogP contribution in [0.25, 0.3) is 0 Å². The third-order valence-corrected chi connectivity index (χ3v) is 6.51. The zero-order chi connectivity index (χ0) is 17.8. The minimum Gasteiger partial charge on any atom is -0.313 e. The molecule has 4 rings (SSSR count). The standard InChI is InChI=1S/C17H14F3NO2S2/c18-17(19,20)11-7-24-6-10(11)15(23)21-16-13(14(22)8-4-5-8)9-2-1-3-12(9)25-16/h6-8H,1-5H2,(H,21,23). The van der Waals surface area contributed by atoms with Crippen LogP contribution in [-0.2, 0) is 19.0 Å². The molecule has 1 saturated carbocycles. The largest absolute Gasteiger partial charge is 0.417 e. The highest BCUT2D eigenvalue weighted by Gasteiger charge is 2.38. The molecule has 132 valence electrons. The summed E-state index contributed by atoms with van der Waals surface area (Å²) in [5.41, 5.74) is 0.195. The van der Waals surface area contributed by atoms with E-state index in [2.05, 4.69) is 5.32 Å². The van der Waals surface area contributed by atoms with Crippen molar-refractivity contribution in [3.05, 3.63) is 37.9 Å². The Kier molecular flexibility index (Phi) is 3.99. The van der Waals surface area contributed by atoms with Gasteiger partial charge in [0.15, 0.2) is 5.78 Å². The summed E-state index contributed by atoms with van der Waals surface area (Å²) in [7, 11) is 0. The average molecular weight is 385 g/mol. The van der Waals surface area contributed by atoms with Gasteiger partial charge in [-0.3, -0.25) is 9.59 Å². The minimum atomic E-state index is -4.57. The number of thiophene rings is 2. The Morgan fingerprint density at radius 1 is 1.16 bits per heavy atom. The Morgan fingerprint density at radius 2 is 1.92 bits per heavy atom. The van der Waals surface area contributed by atoms with Gasteiger partial charge in [-0.2, -0.15) is 24.5 Å². The van der Waals surface area contributed by atoms with Crippen molar-refractivity contribution in [2.75, 3.05) is 5.32 Å². The topological polar surface area (TPSA) is 46.2 Å². The molecule has 1 fully saturated rings. The fourth-order valence-corrected chi connectivity index (χ4v) is 5.29. The van der Waals surface area contributed by atoms with E-state index in [4.69, 9.17) is 0 Å². The van der Waals surface area contributed by atoms with E-state index in [1.54, 1.807) is 0 Å². The van der Waals surface area contributed by atoms with Crippen LogP contribution in [0.2, 0.25) is 0 Å². The predicted molar refractivity (Wildman–Crippen MR) is 90.7 cm³/mol. The van der Waals surface area contributed by atoms with E-state index in [0.29, 0.717) is 10.6 Å². The van der Waals surface area contributed by atoms with E-state index in [1.165, 1.54) is 16.7 Å². The van der Waals surface area contributed by atoms with Crippen molar-refractivity contribution in [2.24, 2.45) is 5.92 Å². The molecule has 3 nitrogen and oxygen atoms in total. The molecule has 0 bridgehead atoms. The number of nitrogens with one attached hydrogen (secondary N) is 1. The average Bonchev–Trinajstić information content (AvgIpc) is 2.94. The second-order valence-corrected chi connectivity index (χ2v) is 8.20. The van der Waals surface area contributed by atoms with Crippen molar-refractivity contribution in [3.8, 4) is 0 Å². The van der Waals surface area contributed by atoms with Gasteiger partial charge in [0.2, 0.25) is 0 Å². The number of hydrogen-bond acceptors (Lipinski definition) is 4. The van der Waals surface area contributed by atoms with Gasteiger partial charge in [-0.15, -0.1) is 11.3 Å². The normalized spacial score (nSPS) is 16.8. The second kappa shape index (κ2) is 5.95. The summed E-state index contributed by atoms with van der Waals surface area (Å²) in [6.07, 6.45) is -0.256. The number of anilines is 1. The van der Waals surface area contributed by atoms with Crippen molar-refractivity contribution in [2.45, 2.75) is 38.3 Å². The molecule has 2 heterocycles. The van der Waals surface area contributed by atoms with Crippen molar-refractivity contribution >= 4 is 39.4 Å². The van der Waals surface area contributed by atoms with Gasteiger partial charge in [-0.1, -0.05) is 0 Å². The molecule has 0 atom stereocenters. The van der Waals surface area contributed by atoms with Gasteiger partial charge >= 0.3 is 6.18 Å². The molecule has 2 aliphatic rings. The van der Waals surface area contributed by atoms with Gasteiger partial charge in [0, 0.05) is 21.6 Å². The maximum Gasteiger partial charge on any atom is 0.417 e. The number of amides is 1. The van der Waals surface area contributed by atoms with Crippen LogP contribution in [-0.4, -0.2) is 11.7 Å². The maximum absolute atomic E-state index is 13.0. The fourth-order valence-electron chi connectivity index (χ4n) is 3.17. The van der Waals surface area contributed by atoms with Gasteiger partial charge in [-0.05, 0) is 37.7 Å². The fraction of sp³-hybridized carbons (Fsp3) is 0.412. The summed E-state index contributed by atoms with van der Waals surface area (Å²) in [4.78, 5) is 26.1. The molecular weight excluding hydrogens is 371 g/mol. The van der Waals surface area contributed by atoms with Crippen LogP contribution in [0, 0.1) is 5.92 Å². The first kappa shape index (κ1) is 16.8. The molecule has 25 heavy (non-hydrogen) atoms. The maximum atomic E-state index is 13.0. The molecule has 2 aromatic heterocycles. The van der Waals surface area contributed by atoms with Crippen LogP contribution in [0.3, 0.4) is 0 Å². The number of ketones is 1. The molecule has 8 heteroatoms. The number of hydrogen-bond donors (Lipinski definition) is 1. The molecule has 0 saturated heterocycles. The number of halogens is 3. The quantitative estimate of drug-likeness (QED) is 0.739. The summed E-state index contributed by atoms with van der Waals surface area (Å²) in [6.45, 7) is 0. The molecule has 0 aromatic carbocycles. The van der Waals surface area contributed by atoms with Gasteiger partial charge in [0.05, 0.1) is 16.7 Å². The highest BCUT2D eigenvalue weighted by molar-refractivity contribution is 7.17. The van der Waals surface area contributed by atoms with Crippen LogP contribution in [0.1, 0.15) is 56.0 Å². The van der Waals surface area contributed by atoms with Crippen molar-refractivity contribution < 1.29 is 22.8 Å². The summed E-state index contributed by atoms with van der Waals surface area (Å²) in [5, 5.41) is 5.12. The van der Waals surface area contributed by atoms with Crippen molar-refractivity contribution in [3.63, 3.8) is 0 Å². The molecule has 1 amide bonds. The number of fused-ring (bicyclic) bond motifs is 1. The van der Waals surface area contributed by atoms with Gasteiger partial charge in [-0.25, -0.2) is 0 Å². The Balaban J connectivity index is 1.66. The molecule has 0 radical (unpaired) electrons. The Labute approximate surface area is 149 Å². The molecule has 2 aromatic rings. The zero-order valence-electron chi connectivity index (χ0n) is 13.0. The number of alkyl halides is 3. The van der Waals surface area contributed by atoms with Crippen LogP contribution in [0.5, 0.6) is 0 Å². The predicted octanol–water partition coefficient (Wildman–Crippen LogP) is 5.16. The summed E-state index contributed by atoms with van der Waals surface area (Å²) < 4.78 is 39.0. The van der Waals surface area contributed by atoms with Gasteiger partial charge < -0.3 is 5.32 Å². The molecule has 2 aliphatic carbocycles. The number of aryl methyl sites for hydroxylation is 1. The second-order valence-electron chi connectivity index (χ2n) is 6.35. The molecule has 0 unspecified atom stereocenters. The molecular formula is C17H14F3NO2S2. The summed E-state index contributed by atoms with van der Waals surface area (Å²) >= 11 is 2.17. The minimum absolute atomic E-state index is 0.00170. The van der Waals surface area contributed by atoms with E-state index in [0.717, 1.165) is 59.3 Å². The number of carbonyl (C=O) groups excluding carboxylic acids is 2. The van der Waals surface area contributed by atoms with E-state index in [1.807, 2.05) is 0 Å². The van der Waals surface area contributed by atoms with E-state index < -0.39 is 23.2 Å². The Morgan fingerprint density at radius 3 is 2.60 bits per heavy atom. The zero-order valence-corrected chi connectivity index (χ0v) is 14.7.